The first kappa shape index (κ1) is 12.8. The SMILES string of the molecule is C=CCCCN1CCc2c(cccc2C(=O)O)C1. The van der Waals surface area contributed by atoms with Crippen LogP contribution >= 0.6 is 0 Å². The minimum atomic E-state index is -0.813. The van der Waals surface area contributed by atoms with Gasteiger partial charge in [0.15, 0.2) is 0 Å². The van der Waals surface area contributed by atoms with Gasteiger partial charge in [0, 0.05) is 13.1 Å². The van der Waals surface area contributed by atoms with E-state index in [2.05, 4.69) is 11.5 Å². The van der Waals surface area contributed by atoms with Crippen molar-refractivity contribution >= 4 is 5.97 Å². The Kier molecular flexibility index (Phi) is 4.15. The minimum Gasteiger partial charge on any atom is -0.478 e. The Morgan fingerprint density at radius 2 is 2.33 bits per heavy atom. The van der Waals surface area contributed by atoms with Crippen LogP contribution in [0.5, 0.6) is 0 Å². The normalized spacial score (nSPS) is 15.1. The molecule has 1 aromatic rings. The average molecular weight is 245 g/mol. The Morgan fingerprint density at radius 3 is 3.06 bits per heavy atom. The lowest BCUT2D eigenvalue weighted by Crippen LogP contribution is -2.32. The Balaban J connectivity index is 2.08. The minimum absolute atomic E-state index is 0.471. The molecule has 2 rings (SSSR count). The van der Waals surface area contributed by atoms with Gasteiger partial charge in [0.2, 0.25) is 0 Å². The summed E-state index contributed by atoms with van der Waals surface area (Å²) in [7, 11) is 0. The molecule has 96 valence electrons. The molecule has 1 aliphatic rings. The number of carboxylic acids is 1. The highest BCUT2D eigenvalue weighted by molar-refractivity contribution is 5.89. The lowest BCUT2D eigenvalue weighted by Gasteiger charge is -2.29. The fourth-order valence-corrected chi connectivity index (χ4v) is 2.52. The fourth-order valence-electron chi connectivity index (χ4n) is 2.52. The van der Waals surface area contributed by atoms with E-state index >= 15 is 0 Å². The second-order valence-corrected chi connectivity index (χ2v) is 4.71. The van der Waals surface area contributed by atoms with Crippen LogP contribution in [0.1, 0.15) is 34.3 Å². The van der Waals surface area contributed by atoms with E-state index in [1.807, 2.05) is 18.2 Å². The molecule has 0 spiro atoms. The zero-order valence-electron chi connectivity index (χ0n) is 10.6. The average Bonchev–Trinajstić information content (AvgIpc) is 2.38. The maximum Gasteiger partial charge on any atom is 0.335 e. The summed E-state index contributed by atoms with van der Waals surface area (Å²) in [6, 6.07) is 5.59. The molecule has 0 radical (unpaired) electrons. The Morgan fingerprint density at radius 1 is 1.50 bits per heavy atom. The van der Waals surface area contributed by atoms with E-state index in [1.165, 1.54) is 5.56 Å². The predicted molar refractivity (Wildman–Crippen MR) is 71.8 cm³/mol. The van der Waals surface area contributed by atoms with Crippen molar-refractivity contribution in [3.05, 3.63) is 47.5 Å². The third kappa shape index (κ3) is 2.79. The van der Waals surface area contributed by atoms with Crippen molar-refractivity contribution in [1.82, 2.24) is 4.90 Å². The number of rotatable bonds is 5. The molecule has 1 aliphatic heterocycles. The summed E-state index contributed by atoms with van der Waals surface area (Å²) in [4.78, 5) is 13.5. The maximum absolute atomic E-state index is 11.1. The monoisotopic (exact) mass is 245 g/mol. The van der Waals surface area contributed by atoms with Gasteiger partial charge in [-0.3, -0.25) is 4.90 Å². The number of benzene rings is 1. The van der Waals surface area contributed by atoms with E-state index in [0.717, 1.165) is 44.5 Å². The molecule has 1 heterocycles. The van der Waals surface area contributed by atoms with Gasteiger partial charge in [0.05, 0.1) is 5.56 Å². The van der Waals surface area contributed by atoms with Crippen molar-refractivity contribution in [3.63, 3.8) is 0 Å². The van der Waals surface area contributed by atoms with Crippen LogP contribution in [-0.2, 0) is 13.0 Å². The van der Waals surface area contributed by atoms with E-state index in [9.17, 15) is 4.79 Å². The number of unbranched alkanes of at least 4 members (excludes halogenated alkanes) is 1. The van der Waals surface area contributed by atoms with Crippen LogP contribution in [0, 0.1) is 0 Å². The topological polar surface area (TPSA) is 40.5 Å². The summed E-state index contributed by atoms with van der Waals surface area (Å²) in [5.41, 5.74) is 2.66. The molecular formula is C15H19NO2. The third-order valence-corrected chi connectivity index (χ3v) is 3.46. The molecule has 0 amide bonds. The van der Waals surface area contributed by atoms with Gasteiger partial charge in [-0.05, 0) is 43.0 Å². The van der Waals surface area contributed by atoms with Crippen molar-refractivity contribution in [2.45, 2.75) is 25.8 Å². The van der Waals surface area contributed by atoms with Crippen LogP contribution in [0.2, 0.25) is 0 Å². The molecular weight excluding hydrogens is 226 g/mol. The first-order chi connectivity index (χ1) is 8.72. The standard InChI is InChI=1S/C15H19NO2/c1-2-3-4-9-16-10-8-13-12(11-16)6-5-7-14(13)15(17)18/h2,5-7H,1,3-4,8-11H2,(H,17,18). The van der Waals surface area contributed by atoms with Gasteiger partial charge in [-0.1, -0.05) is 18.2 Å². The second kappa shape index (κ2) is 5.83. The highest BCUT2D eigenvalue weighted by atomic mass is 16.4. The molecule has 1 N–H and O–H groups in total. The van der Waals surface area contributed by atoms with Crippen molar-refractivity contribution in [2.24, 2.45) is 0 Å². The molecule has 0 aliphatic carbocycles. The molecule has 0 saturated carbocycles. The molecule has 0 saturated heterocycles. The van der Waals surface area contributed by atoms with Crippen LogP contribution in [0.25, 0.3) is 0 Å². The van der Waals surface area contributed by atoms with Crippen molar-refractivity contribution < 1.29 is 9.90 Å². The summed E-state index contributed by atoms with van der Waals surface area (Å²) < 4.78 is 0. The molecule has 18 heavy (non-hydrogen) atoms. The number of allylic oxidation sites excluding steroid dienone is 1. The maximum atomic E-state index is 11.1. The summed E-state index contributed by atoms with van der Waals surface area (Å²) >= 11 is 0. The van der Waals surface area contributed by atoms with Crippen molar-refractivity contribution in [1.29, 1.82) is 0 Å². The van der Waals surface area contributed by atoms with E-state index in [0.29, 0.717) is 5.56 Å². The van der Waals surface area contributed by atoms with Crippen LogP contribution in [-0.4, -0.2) is 29.1 Å². The molecule has 3 nitrogen and oxygen atoms in total. The number of nitrogens with zero attached hydrogens (tertiary/aromatic N) is 1. The summed E-state index contributed by atoms with van der Waals surface area (Å²) in [6.07, 6.45) is 4.95. The Bertz CT molecular complexity index is 454. The highest BCUT2D eigenvalue weighted by Crippen LogP contribution is 2.22. The second-order valence-electron chi connectivity index (χ2n) is 4.71. The molecule has 0 atom stereocenters. The molecule has 0 bridgehead atoms. The van der Waals surface area contributed by atoms with Crippen LogP contribution in [0.4, 0.5) is 0 Å². The lowest BCUT2D eigenvalue weighted by molar-refractivity contribution is 0.0694. The molecule has 3 heteroatoms. The fraction of sp³-hybridized carbons (Fsp3) is 0.400. The van der Waals surface area contributed by atoms with Crippen LogP contribution in [0.15, 0.2) is 30.9 Å². The smallest absolute Gasteiger partial charge is 0.335 e. The summed E-state index contributed by atoms with van der Waals surface area (Å²) in [5, 5.41) is 9.16. The largest absolute Gasteiger partial charge is 0.478 e. The first-order valence-corrected chi connectivity index (χ1v) is 6.39. The Labute approximate surface area is 108 Å². The van der Waals surface area contributed by atoms with E-state index < -0.39 is 5.97 Å². The zero-order valence-corrected chi connectivity index (χ0v) is 10.6. The number of hydrogen-bond donors (Lipinski definition) is 1. The number of fused-ring (bicyclic) bond motifs is 1. The van der Waals surface area contributed by atoms with Gasteiger partial charge in [-0.25, -0.2) is 4.79 Å². The first-order valence-electron chi connectivity index (χ1n) is 6.39. The van der Waals surface area contributed by atoms with Crippen LogP contribution in [0.3, 0.4) is 0 Å². The van der Waals surface area contributed by atoms with Crippen LogP contribution < -0.4 is 0 Å². The number of aromatic carboxylic acids is 1. The van der Waals surface area contributed by atoms with Gasteiger partial charge in [0.25, 0.3) is 0 Å². The highest BCUT2D eigenvalue weighted by Gasteiger charge is 2.20. The Hall–Kier alpha value is -1.61. The summed E-state index contributed by atoms with van der Waals surface area (Å²) in [5.74, 6) is -0.813. The van der Waals surface area contributed by atoms with Crippen molar-refractivity contribution in [3.8, 4) is 0 Å². The molecule has 0 fully saturated rings. The number of carboxylic acid groups (broad SMARTS) is 1. The van der Waals surface area contributed by atoms with E-state index in [4.69, 9.17) is 5.11 Å². The van der Waals surface area contributed by atoms with E-state index in [1.54, 1.807) is 6.07 Å². The van der Waals surface area contributed by atoms with Crippen molar-refractivity contribution in [2.75, 3.05) is 13.1 Å². The molecule has 1 aromatic carbocycles. The summed E-state index contributed by atoms with van der Waals surface area (Å²) in [6.45, 7) is 6.61. The van der Waals surface area contributed by atoms with Gasteiger partial charge >= 0.3 is 5.97 Å². The van der Waals surface area contributed by atoms with Gasteiger partial charge < -0.3 is 5.11 Å². The third-order valence-electron chi connectivity index (χ3n) is 3.46. The van der Waals surface area contributed by atoms with E-state index in [-0.39, 0.29) is 0 Å². The van der Waals surface area contributed by atoms with Gasteiger partial charge in [0.1, 0.15) is 0 Å². The zero-order chi connectivity index (χ0) is 13.0. The lowest BCUT2D eigenvalue weighted by atomic mass is 9.94. The van der Waals surface area contributed by atoms with Gasteiger partial charge in [-0.2, -0.15) is 0 Å². The predicted octanol–water partition coefficient (Wildman–Crippen LogP) is 2.71. The molecule has 0 aromatic heterocycles. The quantitative estimate of drug-likeness (QED) is 0.640. The van der Waals surface area contributed by atoms with Gasteiger partial charge in [-0.15, -0.1) is 6.58 Å². The molecule has 0 unspecified atom stereocenters. The number of hydrogen-bond acceptors (Lipinski definition) is 2. The number of carbonyl (C=O) groups is 1.